The molecule has 0 saturated carbocycles. The first-order valence-corrected chi connectivity index (χ1v) is 6.27. The van der Waals surface area contributed by atoms with Crippen LogP contribution in [0.4, 0.5) is 0 Å². The summed E-state index contributed by atoms with van der Waals surface area (Å²) in [6, 6.07) is 2.90. The minimum Gasteiger partial charge on any atom is -0.477 e. The number of nitrogens with one attached hydrogen (secondary N) is 1. The van der Waals surface area contributed by atoms with Crippen LogP contribution in [0.1, 0.15) is 30.7 Å². The number of amides is 1. The Kier molecular flexibility index (Phi) is 3.86. The molecule has 7 heteroatoms. The van der Waals surface area contributed by atoms with Gasteiger partial charge in [0.2, 0.25) is 0 Å². The molecule has 0 radical (unpaired) electrons. The van der Waals surface area contributed by atoms with Gasteiger partial charge in [-0.05, 0) is 19.1 Å². The van der Waals surface area contributed by atoms with Crippen molar-refractivity contribution in [1.82, 2.24) is 15.3 Å². The zero-order chi connectivity index (χ0) is 13.8. The number of aryl methyl sites for hydroxylation is 1. The molecule has 2 aromatic rings. The van der Waals surface area contributed by atoms with Crippen molar-refractivity contribution in [1.29, 1.82) is 0 Å². The van der Waals surface area contributed by atoms with Crippen LogP contribution in [-0.4, -0.2) is 27.0 Å². The summed E-state index contributed by atoms with van der Waals surface area (Å²) in [4.78, 5) is 31.2. The fourth-order valence-corrected chi connectivity index (χ4v) is 2.10. The average molecular weight is 277 g/mol. The van der Waals surface area contributed by atoms with Crippen LogP contribution in [0.15, 0.2) is 24.5 Å². The number of rotatable bonds is 4. The van der Waals surface area contributed by atoms with Gasteiger partial charge in [-0.3, -0.25) is 14.8 Å². The number of thiophene rings is 1. The van der Waals surface area contributed by atoms with Crippen molar-refractivity contribution >= 4 is 23.2 Å². The number of aromatic nitrogens is 2. The molecule has 0 spiro atoms. The summed E-state index contributed by atoms with van der Waals surface area (Å²) >= 11 is 0.939. The standard InChI is InChI=1S/C12H11N3O3S/c1-7-4-14-8(5-13-7)6-15-11(16)9-2-3-10(19-9)12(17)18/h2-5H,6H2,1H3,(H,15,16)(H,17,18). The van der Waals surface area contributed by atoms with Crippen LogP contribution < -0.4 is 5.32 Å². The summed E-state index contributed by atoms with van der Waals surface area (Å²) < 4.78 is 0. The normalized spacial score (nSPS) is 10.2. The summed E-state index contributed by atoms with van der Waals surface area (Å²) in [5, 5.41) is 11.4. The topological polar surface area (TPSA) is 92.2 Å². The summed E-state index contributed by atoms with van der Waals surface area (Å²) in [5.74, 6) is -1.35. The third-order valence-electron chi connectivity index (χ3n) is 2.31. The molecule has 6 nitrogen and oxygen atoms in total. The van der Waals surface area contributed by atoms with Gasteiger partial charge in [-0.2, -0.15) is 0 Å². The first kappa shape index (κ1) is 13.2. The third kappa shape index (κ3) is 3.35. The van der Waals surface area contributed by atoms with Crippen LogP contribution in [0.25, 0.3) is 0 Å². The molecule has 0 atom stereocenters. The van der Waals surface area contributed by atoms with E-state index in [1.165, 1.54) is 12.1 Å². The lowest BCUT2D eigenvalue weighted by molar-refractivity contribution is 0.0702. The highest BCUT2D eigenvalue weighted by Crippen LogP contribution is 2.16. The van der Waals surface area contributed by atoms with Gasteiger partial charge in [0.15, 0.2) is 0 Å². The van der Waals surface area contributed by atoms with Crippen LogP contribution >= 0.6 is 11.3 Å². The predicted molar refractivity (Wildman–Crippen MR) is 69.2 cm³/mol. The second-order valence-corrected chi connectivity index (χ2v) is 4.88. The highest BCUT2D eigenvalue weighted by molar-refractivity contribution is 7.15. The van der Waals surface area contributed by atoms with E-state index in [2.05, 4.69) is 15.3 Å². The summed E-state index contributed by atoms with van der Waals surface area (Å²) in [6.45, 7) is 2.08. The maximum absolute atomic E-state index is 11.8. The number of hydrogen-bond acceptors (Lipinski definition) is 5. The lowest BCUT2D eigenvalue weighted by Gasteiger charge is -2.02. The summed E-state index contributed by atoms with van der Waals surface area (Å²) in [7, 11) is 0. The van der Waals surface area contributed by atoms with Crippen LogP contribution in [-0.2, 0) is 6.54 Å². The lowest BCUT2D eigenvalue weighted by atomic mass is 10.4. The van der Waals surface area contributed by atoms with Gasteiger partial charge in [0, 0.05) is 6.20 Å². The predicted octanol–water partition coefficient (Wildman–Crippen LogP) is 1.47. The van der Waals surface area contributed by atoms with E-state index in [-0.39, 0.29) is 17.3 Å². The quantitative estimate of drug-likeness (QED) is 0.883. The van der Waals surface area contributed by atoms with E-state index >= 15 is 0 Å². The molecule has 2 aromatic heterocycles. The molecule has 1 amide bonds. The molecule has 0 aliphatic heterocycles. The number of hydrogen-bond donors (Lipinski definition) is 2. The third-order valence-corrected chi connectivity index (χ3v) is 3.38. The Labute approximate surface area is 113 Å². The average Bonchev–Trinajstić information content (AvgIpc) is 2.87. The fourth-order valence-electron chi connectivity index (χ4n) is 1.34. The van der Waals surface area contributed by atoms with Crippen LogP contribution in [0, 0.1) is 6.92 Å². The highest BCUT2D eigenvalue weighted by atomic mass is 32.1. The van der Waals surface area contributed by atoms with Crippen molar-refractivity contribution in [3.8, 4) is 0 Å². The number of carbonyl (C=O) groups is 2. The Hall–Kier alpha value is -2.28. The van der Waals surface area contributed by atoms with Gasteiger partial charge in [0.1, 0.15) is 4.88 Å². The van der Waals surface area contributed by atoms with Crippen LogP contribution in [0.5, 0.6) is 0 Å². The van der Waals surface area contributed by atoms with E-state index in [1.807, 2.05) is 6.92 Å². The molecule has 0 saturated heterocycles. The van der Waals surface area contributed by atoms with Gasteiger partial charge >= 0.3 is 5.97 Å². The zero-order valence-electron chi connectivity index (χ0n) is 10.1. The zero-order valence-corrected chi connectivity index (χ0v) is 10.9. The van der Waals surface area contributed by atoms with Gasteiger partial charge < -0.3 is 10.4 Å². The molecule has 0 aromatic carbocycles. The molecule has 0 bridgehead atoms. The van der Waals surface area contributed by atoms with Crippen molar-refractivity contribution in [2.45, 2.75) is 13.5 Å². The van der Waals surface area contributed by atoms with Crippen molar-refractivity contribution in [2.24, 2.45) is 0 Å². The molecule has 0 aliphatic carbocycles. The molecule has 98 valence electrons. The van der Waals surface area contributed by atoms with E-state index in [1.54, 1.807) is 12.4 Å². The van der Waals surface area contributed by atoms with E-state index in [9.17, 15) is 9.59 Å². The molecular weight excluding hydrogens is 266 g/mol. The summed E-state index contributed by atoms with van der Waals surface area (Å²) in [6.07, 6.45) is 3.21. The Morgan fingerprint density at radius 3 is 2.58 bits per heavy atom. The van der Waals surface area contributed by atoms with E-state index < -0.39 is 5.97 Å². The van der Waals surface area contributed by atoms with Gasteiger partial charge in [-0.15, -0.1) is 11.3 Å². The van der Waals surface area contributed by atoms with Crippen molar-refractivity contribution in [3.05, 3.63) is 45.7 Å². The Balaban J connectivity index is 1.97. The maximum atomic E-state index is 11.8. The number of carbonyl (C=O) groups excluding carboxylic acids is 1. The molecule has 2 heterocycles. The SMILES string of the molecule is Cc1cnc(CNC(=O)c2ccc(C(=O)O)s2)cn1. The van der Waals surface area contributed by atoms with E-state index in [0.29, 0.717) is 10.6 Å². The Morgan fingerprint density at radius 1 is 1.26 bits per heavy atom. The lowest BCUT2D eigenvalue weighted by Crippen LogP contribution is -2.22. The molecular formula is C12H11N3O3S. The van der Waals surface area contributed by atoms with Gasteiger partial charge in [0.05, 0.1) is 29.0 Å². The minimum absolute atomic E-state index is 0.139. The number of nitrogens with zero attached hydrogens (tertiary/aromatic N) is 2. The maximum Gasteiger partial charge on any atom is 0.345 e. The molecule has 0 unspecified atom stereocenters. The molecule has 0 fully saturated rings. The summed E-state index contributed by atoms with van der Waals surface area (Å²) in [5.41, 5.74) is 1.45. The molecule has 19 heavy (non-hydrogen) atoms. The largest absolute Gasteiger partial charge is 0.477 e. The van der Waals surface area contributed by atoms with Crippen molar-refractivity contribution < 1.29 is 14.7 Å². The van der Waals surface area contributed by atoms with E-state index in [4.69, 9.17) is 5.11 Å². The molecule has 0 aliphatic rings. The fraction of sp³-hybridized carbons (Fsp3) is 0.167. The monoisotopic (exact) mass is 277 g/mol. The first-order chi connectivity index (χ1) is 9.06. The minimum atomic E-state index is -1.03. The van der Waals surface area contributed by atoms with Crippen LogP contribution in [0.2, 0.25) is 0 Å². The highest BCUT2D eigenvalue weighted by Gasteiger charge is 2.12. The smallest absolute Gasteiger partial charge is 0.345 e. The number of carboxylic acid groups (broad SMARTS) is 1. The number of carboxylic acids is 1. The molecule has 2 N–H and O–H groups in total. The van der Waals surface area contributed by atoms with Gasteiger partial charge in [0.25, 0.3) is 5.91 Å². The first-order valence-electron chi connectivity index (χ1n) is 5.45. The Morgan fingerprint density at radius 2 is 2.00 bits per heavy atom. The second-order valence-electron chi connectivity index (χ2n) is 3.80. The second kappa shape index (κ2) is 5.57. The van der Waals surface area contributed by atoms with E-state index in [0.717, 1.165) is 17.0 Å². The van der Waals surface area contributed by atoms with Gasteiger partial charge in [-0.25, -0.2) is 4.79 Å². The van der Waals surface area contributed by atoms with Crippen molar-refractivity contribution in [2.75, 3.05) is 0 Å². The van der Waals surface area contributed by atoms with Crippen LogP contribution in [0.3, 0.4) is 0 Å². The van der Waals surface area contributed by atoms with Gasteiger partial charge in [-0.1, -0.05) is 0 Å². The van der Waals surface area contributed by atoms with Crippen molar-refractivity contribution in [3.63, 3.8) is 0 Å². The Bertz CT molecular complexity index is 607. The number of aromatic carboxylic acids is 1. The molecule has 2 rings (SSSR count).